The molecule has 2 aromatic carbocycles. The van der Waals surface area contributed by atoms with Gasteiger partial charge in [-0.3, -0.25) is 9.59 Å². The first kappa shape index (κ1) is 23.3. The quantitative estimate of drug-likeness (QED) is 0.576. The molecule has 9 heteroatoms. The van der Waals surface area contributed by atoms with Crippen molar-refractivity contribution in [3.63, 3.8) is 0 Å². The van der Waals surface area contributed by atoms with Crippen LogP contribution in [0.25, 0.3) is 5.69 Å². The molecule has 0 spiro atoms. The standard InChI is InChI=1S/C25H27FN4O4/c1-33-21-8-3-17(15-22(21)34-2)16-27-25(32)18-11-13-29(14-12-18)23-9-10-24(31)30(28-23)20-6-4-19(26)5-7-20/h3-10,15,18H,11-14,16H2,1-2H3,(H,27,32). The monoisotopic (exact) mass is 466 g/mol. The molecule has 2 heterocycles. The molecule has 1 aliphatic rings. The van der Waals surface area contributed by atoms with Crippen LogP contribution in [0.2, 0.25) is 0 Å². The lowest BCUT2D eigenvalue weighted by atomic mass is 9.96. The number of halogens is 1. The average Bonchev–Trinajstić information content (AvgIpc) is 2.88. The van der Waals surface area contributed by atoms with E-state index in [0.717, 1.165) is 5.56 Å². The predicted molar refractivity (Wildman–Crippen MR) is 126 cm³/mol. The number of nitrogens with one attached hydrogen (secondary N) is 1. The van der Waals surface area contributed by atoms with E-state index in [9.17, 15) is 14.0 Å². The van der Waals surface area contributed by atoms with E-state index in [1.54, 1.807) is 20.3 Å². The summed E-state index contributed by atoms with van der Waals surface area (Å²) in [5.41, 5.74) is 1.13. The maximum absolute atomic E-state index is 13.2. The molecule has 0 aliphatic carbocycles. The second-order valence-electron chi connectivity index (χ2n) is 8.09. The van der Waals surface area contributed by atoms with Crippen molar-refractivity contribution in [2.45, 2.75) is 19.4 Å². The van der Waals surface area contributed by atoms with Gasteiger partial charge in [-0.1, -0.05) is 6.07 Å². The minimum absolute atomic E-state index is 0.0127. The van der Waals surface area contributed by atoms with Crippen LogP contribution in [0.5, 0.6) is 11.5 Å². The summed E-state index contributed by atoms with van der Waals surface area (Å²) in [5.74, 6) is 1.45. The Kier molecular flexibility index (Phi) is 7.10. The van der Waals surface area contributed by atoms with Crippen molar-refractivity contribution in [3.8, 4) is 17.2 Å². The third-order valence-electron chi connectivity index (χ3n) is 5.96. The molecule has 1 saturated heterocycles. The third-order valence-corrected chi connectivity index (χ3v) is 5.96. The van der Waals surface area contributed by atoms with Crippen molar-refractivity contribution >= 4 is 11.7 Å². The zero-order chi connectivity index (χ0) is 24.1. The summed E-state index contributed by atoms with van der Waals surface area (Å²) < 4.78 is 25.1. The summed E-state index contributed by atoms with van der Waals surface area (Å²) in [6, 6.07) is 14.3. The number of anilines is 1. The molecule has 1 fully saturated rings. The summed E-state index contributed by atoms with van der Waals surface area (Å²) >= 11 is 0. The third kappa shape index (κ3) is 5.19. The van der Waals surface area contributed by atoms with Crippen LogP contribution in [0.1, 0.15) is 18.4 Å². The Morgan fingerprint density at radius 3 is 2.41 bits per heavy atom. The van der Waals surface area contributed by atoms with Crippen molar-refractivity contribution in [1.29, 1.82) is 0 Å². The summed E-state index contributed by atoms with van der Waals surface area (Å²) in [4.78, 5) is 27.0. The molecule has 8 nitrogen and oxygen atoms in total. The van der Waals surface area contributed by atoms with Gasteiger partial charge in [-0.15, -0.1) is 5.10 Å². The minimum atomic E-state index is -0.376. The highest BCUT2D eigenvalue weighted by Gasteiger charge is 2.26. The molecule has 0 atom stereocenters. The lowest BCUT2D eigenvalue weighted by Gasteiger charge is -2.32. The number of aromatic nitrogens is 2. The highest BCUT2D eigenvalue weighted by Crippen LogP contribution is 2.27. The number of amides is 1. The maximum atomic E-state index is 13.2. The molecule has 0 radical (unpaired) electrons. The molecule has 4 rings (SSSR count). The van der Waals surface area contributed by atoms with E-state index in [1.165, 1.54) is 35.0 Å². The van der Waals surface area contributed by atoms with Crippen LogP contribution in [0, 0.1) is 11.7 Å². The van der Waals surface area contributed by atoms with Crippen molar-refractivity contribution in [2.75, 3.05) is 32.2 Å². The number of carbonyl (C=O) groups excluding carboxylic acids is 1. The second-order valence-corrected chi connectivity index (χ2v) is 8.09. The fraction of sp³-hybridized carbons (Fsp3) is 0.320. The molecule has 0 saturated carbocycles. The van der Waals surface area contributed by atoms with E-state index in [4.69, 9.17) is 9.47 Å². The number of carbonyl (C=O) groups is 1. The Labute approximate surface area is 196 Å². The van der Waals surface area contributed by atoms with Crippen molar-refractivity contribution in [3.05, 3.63) is 76.3 Å². The first-order valence-corrected chi connectivity index (χ1v) is 11.1. The topological polar surface area (TPSA) is 85.7 Å². The number of hydrogen-bond acceptors (Lipinski definition) is 6. The lowest BCUT2D eigenvalue weighted by molar-refractivity contribution is -0.125. The van der Waals surface area contributed by atoms with Crippen molar-refractivity contribution < 1.29 is 18.7 Å². The number of benzene rings is 2. The van der Waals surface area contributed by atoms with Crippen molar-refractivity contribution in [1.82, 2.24) is 15.1 Å². The second kappa shape index (κ2) is 10.4. The Balaban J connectivity index is 1.35. The van der Waals surface area contributed by atoms with Crippen LogP contribution < -0.4 is 25.2 Å². The van der Waals surface area contributed by atoms with E-state index in [1.807, 2.05) is 18.2 Å². The zero-order valence-electron chi connectivity index (χ0n) is 19.2. The van der Waals surface area contributed by atoms with Crippen LogP contribution in [0.3, 0.4) is 0 Å². The van der Waals surface area contributed by atoms with Gasteiger partial charge in [0, 0.05) is 31.6 Å². The average molecular weight is 467 g/mol. The van der Waals surface area contributed by atoms with E-state index in [-0.39, 0.29) is 23.2 Å². The molecular weight excluding hydrogens is 439 g/mol. The van der Waals surface area contributed by atoms with Gasteiger partial charge in [0.2, 0.25) is 5.91 Å². The molecule has 178 valence electrons. The molecule has 34 heavy (non-hydrogen) atoms. The Bertz CT molecular complexity index is 1200. The van der Waals surface area contributed by atoms with E-state index in [2.05, 4.69) is 15.3 Å². The fourth-order valence-corrected chi connectivity index (χ4v) is 4.03. The van der Waals surface area contributed by atoms with E-state index in [0.29, 0.717) is 55.5 Å². The summed E-state index contributed by atoms with van der Waals surface area (Å²) in [6.45, 7) is 1.69. The summed E-state index contributed by atoms with van der Waals surface area (Å²) in [5, 5.41) is 7.47. The molecule has 0 unspecified atom stereocenters. The largest absolute Gasteiger partial charge is 0.493 e. The molecule has 0 bridgehead atoms. The van der Waals surface area contributed by atoms with Gasteiger partial charge in [0.25, 0.3) is 5.56 Å². The highest BCUT2D eigenvalue weighted by molar-refractivity contribution is 5.79. The maximum Gasteiger partial charge on any atom is 0.271 e. The van der Waals surface area contributed by atoms with Gasteiger partial charge in [0.1, 0.15) is 11.6 Å². The Morgan fingerprint density at radius 1 is 1.03 bits per heavy atom. The number of nitrogens with zero attached hydrogens (tertiary/aromatic N) is 3. The number of methoxy groups -OCH3 is 2. The van der Waals surface area contributed by atoms with Crippen LogP contribution in [-0.2, 0) is 11.3 Å². The smallest absolute Gasteiger partial charge is 0.271 e. The first-order valence-electron chi connectivity index (χ1n) is 11.1. The van der Waals surface area contributed by atoms with Crippen molar-refractivity contribution in [2.24, 2.45) is 5.92 Å². The summed E-state index contributed by atoms with van der Waals surface area (Å²) in [6.07, 6.45) is 1.35. The van der Waals surface area contributed by atoms with Gasteiger partial charge >= 0.3 is 0 Å². The minimum Gasteiger partial charge on any atom is -0.493 e. The van der Waals surface area contributed by atoms with Crippen LogP contribution in [-0.4, -0.2) is 43.0 Å². The SMILES string of the molecule is COc1ccc(CNC(=O)C2CCN(c3ccc(=O)n(-c4ccc(F)cc4)n3)CC2)cc1OC. The summed E-state index contributed by atoms with van der Waals surface area (Å²) in [7, 11) is 3.16. The predicted octanol–water partition coefficient (Wildman–Crippen LogP) is 2.92. The zero-order valence-corrected chi connectivity index (χ0v) is 19.2. The van der Waals surface area contributed by atoms with E-state index >= 15 is 0 Å². The highest BCUT2D eigenvalue weighted by atomic mass is 19.1. The van der Waals surface area contributed by atoms with Gasteiger partial charge in [0.05, 0.1) is 19.9 Å². The molecule has 1 aliphatic heterocycles. The Morgan fingerprint density at radius 2 is 1.74 bits per heavy atom. The number of piperidine rings is 1. The molecule has 1 amide bonds. The molecule has 3 aromatic rings. The van der Waals surface area contributed by atoms with Gasteiger partial charge in [-0.05, 0) is 60.9 Å². The molecular formula is C25H27FN4O4. The molecule has 1 N–H and O–H groups in total. The van der Waals surface area contributed by atoms with Crippen LogP contribution in [0.15, 0.2) is 59.4 Å². The van der Waals surface area contributed by atoms with E-state index < -0.39 is 0 Å². The van der Waals surface area contributed by atoms with Crippen LogP contribution in [0.4, 0.5) is 10.2 Å². The Hall–Kier alpha value is -3.88. The first-order chi connectivity index (χ1) is 16.5. The number of hydrogen-bond donors (Lipinski definition) is 1. The van der Waals surface area contributed by atoms with Gasteiger partial charge in [0.15, 0.2) is 11.5 Å². The lowest BCUT2D eigenvalue weighted by Crippen LogP contribution is -2.41. The number of rotatable bonds is 7. The van der Waals surface area contributed by atoms with Gasteiger partial charge in [-0.25, -0.2) is 4.39 Å². The van der Waals surface area contributed by atoms with Gasteiger partial charge in [-0.2, -0.15) is 4.68 Å². The molecule has 1 aromatic heterocycles. The number of ether oxygens (including phenoxy) is 2. The normalized spacial score (nSPS) is 14.0. The van der Waals surface area contributed by atoms with Gasteiger partial charge < -0.3 is 19.7 Å². The fourth-order valence-electron chi connectivity index (χ4n) is 4.03. The van der Waals surface area contributed by atoms with Crippen LogP contribution >= 0.6 is 0 Å².